The largest absolute Gasteiger partial charge is 0.325 e. The molecule has 0 fully saturated rings. The maximum atomic E-state index is 11.5. The molecule has 2 amide bonds. The second kappa shape index (κ2) is 7.56. The van der Waals surface area contributed by atoms with Crippen molar-refractivity contribution >= 4 is 34.8 Å². The van der Waals surface area contributed by atoms with Crippen molar-refractivity contribution in [3.63, 3.8) is 0 Å². The fourth-order valence-electron chi connectivity index (χ4n) is 1.38. The van der Waals surface area contributed by atoms with Crippen LogP contribution in [0.5, 0.6) is 0 Å². The Balaban J connectivity index is 2.60. The first-order chi connectivity index (χ1) is 9.02. The van der Waals surface area contributed by atoms with Crippen LogP contribution in [-0.2, 0) is 9.59 Å². The normalized spacial score (nSPS) is 9.79. The van der Waals surface area contributed by atoms with Gasteiger partial charge in [0.15, 0.2) is 0 Å². The fourth-order valence-corrected chi connectivity index (χ4v) is 1.60. The Kier molecular flexibility index (Phi) is 6.05. The highest BCUT2D eigenvalue weighted by Gasteiger charge is 2.06. The van der Waals surface area contributed by atoms with E-state index < -0.39 is 0 Å². The Morgan fingerprint density at radius 2 is 2.11 bits per heavy atom. The fraction of sp³-hybridized carbons (Fsp3) is 0.231. The summed E-state index contributed by atoms with van der Waals surface area (Å²) in [6.07, 6.45) is 1.67. The summed E-state index contributed by atoms with van der Waals surface area (Å²) >= 11 is 5.99. The van der Waals surface area contributed by atoms with Crippen molar-refractivity contribution in [1.82, 2.24) is 5.32 Å². The average molecular weight is 282 g/mol. The summed E-state index contributed by atoms with van der Waals surface area (Å²) in [5, 5.41) is 8.53. The molecule has 19 heavy (non-hydrogen) atoms. The molecule has 0 saturated carbocycles. The molecule has 0 aliphatic heterocycles. The second-order valence-electron chi connectivity index (χ2n) is 3.84. The number of carbonyl (C=O) groups excluding carboxylic acids is 2. The summed E-state index contributed by atoms with van der Waals surface area (Å²) in [5.74, 6) is -0.377. The summed E-state index contributed by atoms with van der Waals surface area (Å²) in [6, 6.07) is 4.89. The van der Waals surface area contributed by atoms with E-state index in [1.165, 1.54) is 6.92 Å². The summed E-state index contributed by atoms with van der Waals surface area (Å²) in [6.45, 7) is 5.70. The Hall–Kier alpha value is -1.85. The van der Waals surface area contributed by atoms with Crippen molar-refractivity contribution < 1.29 is 9.59 Å². The van der Waals surface area contributed by atoms with Gasteiger partial charge in [-0.3, -0.25) is 9.59 Å². The molecule has 0 saturated heterocycles. The number of halogens is 1. The summed E-state index contributed by atoms with van der Waals surface area (Å²) < 4.78 is 0. The van der Waals surface area contributed by atoms with Crippen LogP contribution in [0.25, 0.3) is 0 Å². The van der Waals surface area contributed by atoms with Gasteiger partial charge in [0.1, 0.15) is 0 Å². The van der Waals surface area contributed by atoms with Crippen LogP contribution in [0.1, 0.15) is 6.92 Å². The van der Waals surface area contributed by atoms with E-state index in [0.29, 0.717) is 22.9 Å². The zero-order valence-corrected chi connectivity index (χ0v) is 11.4. The minimum atomic E-state index is -0.202. The van der Waals surface area contributed by atoms with Gasteiger partial charge in [0.05, 0.1) is 17.3 Å². The monoisotopic (exact) mass is 281 g/mol. The third-order valence-electron chi connectivity index (χ3n) is 2.14. The lowest BCUT2D eigenvalue weighted by atomic mass is 10.2. The van der Waals surface area contributed by atoms with E-state index in [1.54, 1.807) is 24.3 Å². The van der Waals surface area contributed by atoms with Crippen molar-refractivity contribution in [3.05, 3.63) is 35.9 Å². The van der Waals surface area contributed by atoms with Crippen LogP contribution >= 0.6 is 11.6 Å². The number of hydrogen-bond donors (Lipinski definition) is 3. The molecule has 3 N–H and O–H groups in total. The lowest BCUT2D eigenvalue weighted by molar-refractivity contribution is -0.115. The molecule has 0 aromatic heterocycles. The molecule has 102 valence electrons. The molecule has 0 radical (unpaired) electrons. The number of anilines is 2. The van der Waals surface area contributed by atoms with E-state index in [0.717, 1.165) is 0 Å². The number of hydrogen-bond acceptors (Lipinski definition) is 3. The smallest absolute Gasteiger partial charge is 0.238 e. The molecule has 0 spiro atoms. The van der Waals surface area contributed by atoms with Gasteiger partial charge in [0.2, 0.25) is 11.8 Å². The second-order valence-corrected chi connectivity index (χ2v) is 4.25. The average Bonchev–Trinajstić information content (AvgIpc) is 2.32. The molecule has 0 heterocycles. The van der Waals surface area contributed by atoms with E-state index in [1.807, 2.05) is 0 Å². The highest BCUT2D eigenvalue weighted by Crippen LogP contribution is 2.25. The topological polar surface area (TPSA) is 70.2 Å². The SMILES string of the molecule is C=CCNCC(=O)Nc1ccc(NC(C)=O)c(Cl)c1. The molecule has 0 bridgehead atoms. The molecule has 1 aromatic rings. The first kappa shape index (κ1) is 15.2. The van der Waals surface area contributed by atoms with Crippen LogP contribution in [0, 0.1) is 0 Å². The van der Waals surface area contributed by atoms with Crippen molar-refractivity contribution in [3.8, 4) is 0 Å². The first-order valence-corrected chi connectivity index (χ1v) is 6.09. The quantitative estimate of drug-likeness (QED) is 0.552. The summed E-state index contributed by atoms with van der Waals surface area (Å²) in [4.78, 5) is 22.5. The Bertz CT molecular complexity index is 489. The van der Waals surface area contributed by atoms with Gasteiger partial charge in [-0.1, -0.05) is 17.7 Å². The highest BCUT2D eigenvalue weighted by molar-refractivity contribution is 6.34. The third-order valence-corrected chi connectivity index (χ3v) is 2.45. The number of rotatable bonds is 6. The van der Waals surface area contributed by atoms with Gasteiger partial charge in [0.25, 0.3) is 0 Å². The first-order valence-electron chi connectivity index (χ1n) is 5.71. The van der Waals surface area contributed by atoms with Crippen LogP contribution < -0.4 is 16.0 Å². The van der Waals surface area contributed by atoms with Gasteiger partial charge in [-0.05, 0) is 18.2 Å². The molecular weight excluding hydrogens is 266 g/mol. The van der Waals surface area contributed by atoms with E-state index in [-0.39, 0.29) is 18.4 Å². The zero-order chi connectivity index (χ0) is 14.3. The van der Waals surface area contributed by atoms with Crippen LogP contribution in [0.2, 0.25) is 5.02 Å². The van der Waals surface area contributed by atoms with Gasteiger partial charge in [-0.25, -0.2) is 0 Å². The van der Waals surface area contributed by atoms with Crippen molar-refractivity contribution in [2.75, 3.05) is 23.7 Å². The van der Waals surface area contributed by atoms with Crippen LogP contribution in [0.3, 0.4) is 0 Å². The molecule has 6 heteroatoms. The standard InChI is InChI=1S/C13H16ClN3O2/c1-3-6-15-8-13(19)17-10-4-5-12(11(14)7-10)16-9(2)18/h3-5,7,15H,1,6,8H2,2H3,(H,16,18)(H,17,19). The van der Waals surface area contributed by atoms with Crippen LogP contribution in [0.4, 0.5) is 11.4 Å². The molecule has 5 nitrogen and oxygen atoms in total. The molecular formula is C13H16ClN3O2. The van der Waals surface area contributed by atoms with E-state index in [2.05, 4.69) is 22.5 Å². The number of carbonyl (C=O) groups is 2. The van der Waals surface area contributed by atoms with Gasteiger partial charge in [0, 0.05) is 19.2 Å². The van der Waals surface area contributed by atoms with E-state index in [9.17, 15) is 9.59 Å². The van der Waals surface area contributed by atoms with Crippen LogP contribution in [0.15, 0.2) is 30.9 Å². The molecule has 0 aliphatic carbocycles. The van der Waals surface area contributed by atoms with Crippen molar-refractivity contribution in [1.29, 1.82) is 0 Å². The van der Waals surface area contributed by atoms with Gasteiger partial charge in [-0.2, -0.15) is 0 Å². The predicted octanol–water partition coefficient (Wildman–Crippen LogP) is 2.01. The van der Waals surface area contributed by atoms with Gasteiger partial charge >= 0.3 is 0 Å². The number of nitrogens with one attached hydrogen (secondary N) is 3. The van der Waals surface area contributed by atoms with E-state index >= 15 is 0 Å². The van der Waals surface area contributed by atoms with Crippen molar-refractivity contribution in [2.24, 2.45) is 0 Å². The molecule has 0 unspecified atom stereocenters. The molecule has 0 aliphatic rings. The van der Waals surface area contributed by atoms with Gasteiger partial charge < -0.3 is 16.0 Å². The summed E-state index contributed by atoms with van der Waals surface area (Å²) in [7, 11) is 0. The predicted molar refractivity (Wildman–Crippen MR) is 77.5 cm³/mol. The maximum absolute atomic E-state index is 11.5. The lowest BCUT2D eigenvalue weighted by Crippen LogP contribution is -2.28. The molecule has 1 rings (SSSR count). The Morgan fingerprint density at radius 3 is 2.68 bits per heavy atom. The lowest BCUT2D eigenvalue weighted by Gasteiger charge is -2.09. The third kappa shape index (κ3) is 5.54. The molecule has 0 atom stereocenters. The summed E-state index contributed by atoms with van der Waals surface area (Å²) in [5.41, 5.74) is 1.08. The van der Waals surface area contributed by atoms with Crippen molar-refractivity contribution in [2.45, 2.75) is 6.92 Å². The minimum Gasteiger partial charge on any atom is -0.325 e. The zero-order valence-electron chi connectivity index (χ0n) is 10.6. The highest BCUT2D eigenvalue weighted by atomic mass is 35.5. The maximum Gasteiger partial charge on any atom is 0.238 e. The number of amides is 2. The van der Waals surface area contributed by atoms with E-state index in [4.69, 9.17) is 11.6 Å². The Labute approximate surface area is 117 Å². The minimum absolute atomic E-state index is 0.176. The molecule has 1 aromatic carbocycles. The Morgan fingerprint density at radius 1 is 1.37 bits per heavy atom. The van der Waals surface area contributed by atoms with Crippen LogP contribution in [-0.4, -0.2) is 24.9 Å². The number of benzene rings is 1. The van der Waals surface area contributed by atoms with Gasteiger partial charge in [-0.15, -0.1) is 6.58 Å².